The van der Waals surface area contributed by atoms with E-state index in [-0.39, 0.29) is 24.2 Å². The van der Waals surface area contributed by atoms with Crippen LogP contribution in [0.15, 0.2) is 0 Å². The quantitative estimate of drug-likeness (QED) is 0.0744. The van der Waals surface area contributed by atoms with Crippen molar-refractivity contribution < 1.29 is 19.5 Å². The zero-order chi connectivity index (χ0) is 28.4. The van der Waals surface area contributed by atoms with E-state index in [1.807, 2.05) is 0 Å². The molecule has 1 aliphatic heterocycles. The number of hydrogen-bond acceptors (Lipinski definition) is 3. The van der Waals surface area contributed by atoms with E-state index < -0.39 is 5.97 Å². The smallest absolute Gasteiger partial charge is 0.303 e. The SMILES string of the molecule is CCCCCCCCCCCCCCCCCCCCCCCCC1CC(=O)N(CCCCCC(=O)O)C1=O. The van der Waals surface area contributed by atoms with E-state index in [9.17, 15) is 14.4 Å². The first-order valence-corrected chi connectivity index (χ1v) is 17.1. The topological polar surface area (TPSA) is 74.7 Å². The molecule has 1 saturated heterocycles. The molecule has 0 radical (unpaired) electrons. The van der Waals surface area contributed by atoms with Crippen molar-refractivity contribution in [3.05, 3.63) is 0 Å². The van der Waals surface area contributed by atoms with Gasteiger partial charge in [-0.3, -0.25) is 19.3 Å². The molecule has 39 heavy (non-hydrogen) atoms. The van der Waals surface area contributed by atoms with Crippen molar-refractivity contribution in [2.24, 2.45) is 5.92 Å². The largest absolute Gasteiger partial charge is 0.481 e. The molecule has 1 fully saturated rings. The molecule has 0 aliphatic carbocycles. The van der Waals surface area contributed by atoms with Gasteiger partial charge in [-0.2, -0.15) is 0 Å². The first-order valence-electron chi connectivity index (χ1n) is 17.1. The number of amides is 2. The summed E-state index contributed by atoms with van der Waals surface area (Å²) in [6.45, 7) is 2.74. The normalized spacial score (nSPS) is 15.5. The van der Waals surface area contributed by atoms with Crippen molar-refractivity contribution in [2.75, 3.05) is 6.54 Å². The van der Waals surface area contributed by atoms with E-state index in [4.69, 9.17) is 5.11 Å². The lowest BCUT2D eigenvalue weighted by Gasteiger charge is -2.14. The highest BCUT2D eigenvalue weighted by Gasteiger charge is 2.37. The van der Waals surface area contributed by atoms with Crippen LogP contribution >= 0.6 is 0 Å². The average molecular weight is 550 g/mol. The van der Waals surface area contributed by atoms with Crippen molar-refractivity contribution in [3.63, 3.8) is 0 Å². The number of imide groups is 1. The van der Waals surface area contributed by atoms with Crippen LogP contribution in [-0.2, 0) is 14.4 Å². The van der Waals surface area contributed by atoms with Gasteiger partial charge in [0.15, 0.2) is 0 Å². The molecule has 0 bridgehead atoms. The van der Waals surface area contributed by atoms with E-state index in [0.29, 0.717) is 25.8 Å². The summed E-state index contributed by atoms with van der Waals surface area (Å²) < 4.78 is 0. The number of likely N-dealkylation sites (tertiary alicyclic amines) is 1. The molecule has 5 heteroatoms. The number of carboxylic acids is 1. The third kappa shape index (κ3) is 20.2. The van der Waals surface area contributed by atoms with E-state index in [1.54, 1.807) is 0 Å². The Kier molecular flexibility index (Phi) is 23.4. The van der Waals surface area contributed by atoms with E-state index in [0.717, 1.165) is 25.7 Å². The van der Waals surface area contributed by atoms with Crippen molar-refractivity contribution in [3.8, 4) is 0 Å². The molecule has 2 amide bonds. The molecule has 1 N–H and O–H groups in total. The predicted molar refractivity (Wildman–Crippen MR) is 163 cm³/mol. The van der Waals surface area contributed by atoms with Crippen molar-refractivity contribution in [1.82, 2.24) is 4.90 Å². The fourth-order valence-corrected chi connectivity index (χ4v) is 5.93. The second-order valence-electron chi connectivity index (χ2n) is 12.2. The summed E-state index contributed by atoms with van der Waals surface area (Å²) in [4.78, 5) is 36.7. The molecule has 0 aromatic rings. The molecular formula is C34H63NO4. The third-order valence-corrected chi connectivity index (χ3v) is 8.52. The van der Waals surface area contributed by atoms with E-state index in [2.05, 4.69) is 6.92 Å². The van der Waals surface area contributed by atoms with Gasteiger partial charge in [0.25, 0.3) is 0 Å². The number of carboxylic acid groups (broad SMARTS) is 1. The molecule has 1 rings (SSSR count). The summed E-state index contributed by atoms with van der Waals surface area (Å²) in [6, 6.07) is 0. The summed E-state index contributed by atoms with van der Waals surface area (Å²) in [5, 5.41) is 8.69. The molecule has 5 nitrogen and oxygen atoms in total. The Morgan fingerprint density at radius 2 is 1.00 bits per heavy atom. The van der Waals surface area contributed by atoms with E-state index >= 15 is 0 Å². The van der Waals surface area contributed by atoms with Crippen LogP contribution in [0.2, 0.25) is 0 Å². The van der Waals surface area contributed by atoms with Gasteiger partial charge in [0, 0.05) is 25.3 Å². The maximum atomic E-state index is 12.5. The highest BCUT2D eigenvalue weighted by Crippen LogP contribution is 2.26. The number of nitrogens with zero attached hydrogens (tertiary/aromatic N) is 1. The van der Waals surface area contributed by atoms with Crippen molar-refractivity contribution in [1.29, 1.82) is 0 Å². The maximum absolute atomic E-state index is 12.5. The van der Waals surface area contributed by atoms with Gasteiger partial charge in [0.05, 0.1) is 0 Å². The summed E-state index contributed by atoms with van der Waals surface area (Å²) in [5.41, 5.74) is 0. The number of carbonyl (C=O) groups is 3. The Labute approximate surface area is 241 Å². The van der Waals surface area contributed by atoms with Crippen LogP contribution in [0.25, 0.3) is 0 Å². The lowest BCUT2D eigenvalue weighted by Crippen LogP contribution is -2.31. The monoisotopic (exact) mass is 549 g/mol. The van der Waals surface area contributed by atoms with Crippen LogP contribution in [0.1, 0.15) is 187 Å². The molecule has 0 aromatic carbocycles. The zero-order valence-electron chi connectivity index (χ0n) is 25.7. The molecule has 228 valence electrons. The number of aliphatic carboxylic acids is 1. The standard InChI is InChI=1S/C34H63NO4/c1-2-3-4-5-6-7-8-9-10-11-12-13-14-15-16-17-18-19-20-21-22-24-27-31-30-32(36)35(34(31)39)29-26-23-25-28-33(37)38/h31H,2-30H2,1H3,(H,37,38). The average Bonchev–Trinajstić information content (AvgIpc) is 3.18. The van der Waals surface area contributed by atoms with Gasteiger partial charge in [-0.1, -0.05) is 155 Å². The first kappa shape index (κ1) is 35.6. The molecule has 0 spiro atoms. The van der Waals surface area contributed by atoms with Gasteiger partial charge in [-0.15, -0.1) is 0 Å². The molecule has 0 saturated carbocycles. The number of unbranched alkanes of at least 4 members (excludes halogenated alkanes) is 23. The van der Waals surface area contributed by atoms with Gasteiger partial charge in [0.1, 0.15) is 0 Å². The van der Waals surface area contributed by atoms with E-state index in [1.165, 1.54) is 133 Å². The molecule has 1 unspecified atom stereocenters. The van der Waals surface area contributed by atoms with Gasteiger partial charge >= 0.3 is 5.97 Å². The molecule has 1 atom stereocenters. The zero-order valence-corrected chi connectivity index (χ0v) is 25.7. The molecule has 1 aliphatic rings. The second-order valence-corrected chi connectivity index (χ2v) is 12.2. The first-order chi connectivity index (χ1) is 19.1. The minimum Gasteiger partial charge on any atom is -0.481 e. The Bertz CT molecular complexity index is 620. The minimum absolute atomic E-state index is 0.00160. The minimum atomic E-state index is -0.788. The Hall–Kier alpha value is -1.39. The summed E-state index contributed by atoms with van der Waals surface area (Å²) in [5.74, 6) is -0.950. The number of rotatable bonds is 29. The Balaban J connectivity index is 1.81. The summed E-state index contributed by atoms with van der Waals surface area (Å²) >= 11 is 0. The number of carbonyl (C=O) groups excluding carboxylic acids is 2. The molecular weight excluding hydrogens is 486 g/mol. The third-order valence-electron chi connectivity index (χ3n) is 8.52. The predicted octanol–water partition coefficient (Wildman–Crippen LogP) is 10.00. The van der Waals surface area contributed by atoms with Gasteiger partial charge in [0.2, 0.25) is 11.8 Å². The van der Waals surface area contributed by atoms with Crippen molar-refractivity contribution >= 4 is 17.8 Å². The lowest BCUT2D eigenvalue weighted by molar-refractivity contribution is -0.140. The summed E-state index contributed by atoms with van der Waals surface area (Å²) in [7, 11) is 0. The van der Waals surface area contributed by atoms with Crippen LogP contribution in [0.4, 0.5) is 0 Å². The highest BCUT2D eigenvalue weighted by atomic mass is 16.4. The Morgan fingerprint density at radius 1 is 0.615 bits per heavy atom. The molecule has 1 heterocycles. The lowest BCUT2D eigenvalue weighted by atomic mass is 9.98. The Morgan fingerprint density at radius 3 is 1.41 bits per heavy atom. The second kappa shape index (κ2) is 25.6. The van der Waals surface area contributed by atoms with Crippen LogP contribution in [0, 0.1) is 5.92 Å². The highest BCUT2D eigenvalue weighted by molar-refractivity contribution is 6.03. The van der Waals surface area contributed by atoms with Gasteiger partial charge in [-0.05, 0) is 19.3 Å². The van der Waals surface area contributed by atoms with Gasteiger partial charge in [-0.25, -0.2) is 0 Å². The van der Waals surface area contributed by atoms with Crippen LogP contribution < -0.4 is 0 Å². The van der Waals surface area contributed by atoms with Crippen molar-refractivity contribution in [2.45, 2.75) is 187 Å². The van der Waals surface area contributed by atoms with Crippen LogP contribution in [0.5, 0.6) is 0 Å². The number of hydrogen-bond donors (Lipinski definition) is 1. The van der Waals surface area contributed by atoms with Gasteiger partial charge < -0.3 is 5.11 Å². The fraction of sp³-hybridized carbons (Fsp3) is 0.912. The summed E-state index contributed by atoms with van der Waals surface area (Å²) in [6.07, 6.45) is 33.6. The van der Waals surface area contributed by atoms with Crippen LogP contribution in [-0.4, -0.2) is 34.3 Å². The fourth-order valence-electron chi connectivity index (χ4n) is 5.93. The van der Waals surface area contributed by atoms with Crippen LogP contribution in [0.3, 0.4) is 0 Å². The molecule has 0 aromatic heterocycles. The maximum Gasteiger partial charge on any atom is 0.303 e.